The molecule has 2 aliphatic rings. The summed E-state index contributed by atoms with van der Waals surface area (Å²) in [7, 11) is 0. The van der Waals surface area contributed by atoms with Gasteiger partial charge in [-0.2, -0.15) is 0 Å². The number of hydrogen-bond donors (Lipinski definition) is 0. The van der Waals surface area contributed by atoms with Crippen LogP contribution in [-0.2, 0) is 48.4 Å². The number of aryl methyl sites for hydroxylation is 1. The predicted molar refractivity (Wildman–Crippen MR) is 178 cm³/mol. The van der Waals surface area contributed by atoms with Crippen LogP contribution < -0.4 is 0 Å². The van der Waals surface area contributed by atoms with E-state index >= 15 is 0 Å². The third-order valence-electron chi connectivity index (χ3n) is 9.12. The van der Waals surface area contributed by atoms with Crippen LogP contribution in [0.5, 0.6) is 0 Å². The van der Waals surface area contributed by atoms with Crippen molar-refractivity contribution >= 4 is 8.78 Å². The van der Waals surface area contributed by atoms with Gasteiger partial charge in [-0.25, -0.2) is 0 Å². The summed E-state index contributed by atoms with van der Waals surface area (Å²) >= 11 is -1.19. The monoisotopic (exact) mass is 625 g/mol. The number of allylic oxidation sites excluding steroid dienone is 4. The molecule has 0 N–H and O–H groups in total. The molecule has 0 fully saturated rings. The molecule has 0 saturated heterocycles. The van der Waals surface area contributed by atoms with Crippen molar-refractivity contribution in [2.45, 2.75) is 76.3 Å². The Hall–Kier alpha value is -2.89. The van der Waals surface area contributed by atoms with Crippen molar-refractivity contribution in [3.05, 3.63) is 147 Å². The Morgan fingerprint density at radius 1 is 0.714 bits per heavy atom. The maximum atomic E-state index is 2.60. The minimum atomic E-state index is -1.19. The zero-order valence-corrected chi connectivity index (χ0v) is 28.2. The number of rotatable bonds is 10. The maximum absolute atomic E-state index is 2.60. The van der Waals surface area contributed by atoms with Crippen LogP contribution >= 0.6 is 0 Å². The van der Waals surface area contributed by atoms with Gasteiger partial charge in [0, 0.05) is 0 Å². The summed E-state index contributed by atoms with van der Waals surface area (Å²) in [6.45, 7) is 9.44. The van der Waals surface area contributed by atoms with E-state index in [9.17, 15) is 0 Å². The zero-order valence-electron chi connectivity index (χ0n) is 25.8. The van der Waals surface area contributed by atoms with E-state index in [2.05, 4.69) is 125 Å². The van der Waals surface area contributed by atoms with Gasteiger partial charge in [0.2, 0.25) is 0 Å². The van der Waals surface area contributed by atoms with Crippen molar-refractivity contribution in [2.75, 3.05) is 0 Å². The molecule has 1 heteroatoms. The van der Waals surface area contributed by atoms with Crippen LogP contribution in [0.25, 0.3) is 16.7 Å². The van der Waals surface area contributed by atoms with E-state index in [0.717, 1.165) is 19.3 Å². The van der Waals surface area contributed by atoms with Crippen LogP contribution in [0.4, 0.5) is 0 Å². The Labute approximate surface area is 264 Å². The van der Waals surface area contributed by atoms with Gasteiger partial charge in [0.15, 0.2) is 0 Å². The van der Waals surface area contributed by atoms with Crippen LogP contribution in [0, 0.1) is 0 Å². The van der Waals surface area contributed by atoms with Gasteiger partial charge in [0.05, 0.1) is 0 Å². The zero-order chi connectivity index (χ0) is 29.1. The van der Waals surface area contributed by atoms with E-state index in [1.54, 1.807) is 42.2 Å². The van der Waals surface area contributed by atoms with Crippen LogP contribution in [0.1, 0.15) is 101 Å². The van der Waals surface area contributed by atoms with Crippen molar-refractivity contribution in [3.8, 4) is 11.1 Å². The van der Waals surface area contributed by atoms with E-state index in [4.69, 9.17) is 0 Å². The Morgan fingerprint density at radius 2 is 1.38 bits per heavy atom. The Bertz CT molecular complexity index is 1630. The number of hydrogen-bond acceptors (Lipinski definition) is 0. The molecule has 211 valence electrons. The molecule has 2 aliphatic carbocycles. The average molecular weight is 627 g/mol. The molecule has 0 heterocycles. The summed E-state index contributed by atoms with van der Waals surface area (Å²) in [4.78, 5) is 0. The number of benzene rings is 4. The van der Waals surface area contributed by atoms with Gasteiger partial charge in [-0.3, -0.25) is 0 Å². The van der Waals surface area contributed by atoms with Gasteiger partial charge in [0.25, 0.3) is 0 Å². The van der Waals surface area contributed by atoms with Crippen molar-refractivity contribution < 1.29 is 22.8 Å². The van der Waals surface area contributed by atoms with Crippen molar-refractivity contribution in [1.29, 1.82) is 0 Å². The first kappa shape index (κ1) is 29.2. The predicted octanol–water partition coefficient (Wildman–Crippen LogP) is 10.5. The second-order valence-electron chi connectivity index (χ2n) is 11.7. The standard InChI is InChI=1S/C28H33.C13H10.Zr/c1-5-11-24-22(8-4)27(20-13-9-10-14-20)26-18-21-17-19(7-3)15-16-23(21)28(26)25(24)12-6-2;1-3-7-12(8-4-1)11-13-9-5-2-6-10-13;/h9-10,13,15-18H,5-8,11-12,14H2,1-4H3;1-10H;. The summed E-state index contributed by atoms with van der Waals surface area (Å²) in [5.74, 6) is 0. The second kappa shape index (κ2) is 13.2. The van der Waals surface area contributed by atoms with Crippen LogP contribution in [-0.4, -0.2) is 3.21 Å². The molecule has 6 rings (SSSR count). The Morgan fingerprint density at radius 3 is 1.95 bits per heavy atom. The normalized spacial score (nSPS) is 14.9. The van der Waals surface area contributed by atoms with Crippen molar-refractivity contribution in [1.82, 2.24) is 0 Å². The average Bonchev–Trinajstić information content (AvgIpc) is 3.68. The molecular weight excluding hydrogens is 584 g/mol. The topological polar surface area (TPSA) is 0 Å². The first-order chi connectivity index (χ1) is 20.7. The Kier molecular flexibility index (Phi) is 9.16. The van der Waals surface area contributed by atoms with Crippen LogP contribution in [0.15, 0.2) is 97.1 Å². The summed E-state index contributed by atoms with van der Waals surface area (Å²) in [6, 6.07) is 30.1. The first-order valence-corrected chi connectivity index (χ1v) is 18.8. The van der Waals surface area contributed by atoms with Gasteiger partial charge < -0.3 is 0 Å². The van der Waals surface area contributed by atoms with Crippen LogP contribution in [0.3, 0.4) is 0 Å². The number of fused-ring (bicyclic) bond motifs is 3. The quantitative estimate of drug-likeness (QED) is 0.164. The molecule has 1 unspecified atom stereocenters. The van der Waals surface area contributed by atoms with E-state index < -0.39 is 22.8 Å². The molecule has 0 bridgehead atoms. The SMILES string of the molecule is CCCc1c(CC)c(C2=CC=CC2)c2c(c1CCC)-c1ccc(CC)cc1[CH]2[Zr]=[C](c1ccccc1)c1ccccc1. The molecule has 0 spiro atoms. The van der Waals surface area contributed by atoms with Gasteiger partial charge >= 0.3 is 266 Å². The van der Waals surface area contributed by atoms with Crippen molar-refractivity contribution in [3.63, 3.8) is 0 Å². The molecule has 0 aromatic heterocycles. The second-order valence-corrected chi connectivity index (χ2v) is 15.1. The fourth-order valence-electron chi connectivity index (χ4n) is 7.29. The summed E-state index contributed by atoms with van der Waals surface area (Å²) < 4.78 is 2.11. The molecule has 0 amide bonds. The fraction of sp³-hybridized carbons (Fsp3) is 0.293. The van der Waals surface area contributed by atoms with E-state index in [-0.39, 0.29) is 0 Å². The minimum absolute atomic E-state index is 0.494. The molecule has 0 radical (unpaired) electrons. The van der Waals surface area contributed by atoms with Crippen molar-refractivity contribution in [2.24, 2.45) is 0 Å². The molecule has 0 aliphatic heterocycles. The molecule has 0 nitrogen and oxygen atoms in total. The molecule has 4 aromatic rings. The van der Waals surface area contributed by atoms with E-state index in [1.165, 1.54) is 53.5 Å². The Balaban J connectivity index is 1.74. The summed E-state index contributed by atoms with van der Waals surface area (Å²) in [5.41, 5.74) is 18.8. The first-order valence-electron chi connectivity index (χ1n) is 16.1. The van der Waals surface area contributed by atoms with E-state index in [1.807, 2.05) is 0 Å². The molecule has 4 aromatic carbocycles. The third kappa shape index (κ3) is 5.35. The molecule has 0 saturated carbocycles. The van der Waals surface area contributed by atoms with Gasteiger partial charge in [-0.15, -0.1) is 0 Å². The van der Waals surface area contributed by atoms with E-state index in [0.29, 0.717) is 3.63 Å². The molecular formula is C41H43Zr. The van der Waals surface area contributed by atoms with Crippen LogP contribution in [0.2, 0.25) is 0 Å². The molecule has 1 atom stereocenters. The van der Waals surface area contributed by atoms with Gasteiger partial charge in [-0.05, 0) is 0 Å². The summed E-state index contributed by atoms with van der Waals surface area (Å²) in [6.07, 6.45) is 15.0. The van der Waals surface area contributed by atoms with Gasteiger partial charge in [0.1, 0.15) is 0 Å². The van der Waals surface area contributed by atoms with Gasteiger partial charge in [-0.1, -0.05) is 0 Å². The third-order valence-corrected chi connectivity index (χ3v) is 13.4. The summed E-state index contributed by atoms with van der Waals surface area (Å²) in [5, 5.41) is 0. The fourth-order valence-corrected chi connectivity index (χ4v) is 11.7. The molecule has 42 heavy (non-hydrogen) atoms.